The van der Waals surface area contributed by atoms with E-state index in [0.29, 0.717) is 17.7 Å². The second kappa shape index (κ2) is 7.53. The van der Waals surface area contributed by atoms with Crippen LogP contribution in [0.2, 0.25) is 0 Å². The van der Waals surface area contributed by atoms with E-state index in [1.807, 2.05) is 12.1 Å². The number of nitrogens with zero attached hydrogens (tertiary/aromatic N) is 1. The van der Waals surface area contributed by atoms with Gasteiger partial charge in [0.25, 0.3) is 15.9 Å². The predicted octanol–water partition coefficient (Wildman–Crippen LogP) is 4.28. The summed E-state index contributed by atoms with van der Waals surface area (Å²) < 4.78 is 55.6. The molecule has 1 aliphatic heterocycles. The Kier molecular flexibility index (Phi) is 5.03. The minimum atomic E-state index is -3.98. The highest BCUT2D eigenvalue weighted by Crippen LogP contribution is 2.33. The molecule has 0 aromatic heterocycles. The molecule has 30 heavy (non-hydrogen) atoms. The van der Waals surface area contributed by atoms with Crippen LogP contribution in [-0.2, 0) is 16.4 Å². The maximum absolute atomic E-state index is 14.3. The SMILES string of the molecule is Cc1ccc(NC(=O)c2cc(S(=O)(=O)N3CCc4ccccc43)ccc2F)cc1F. The monoisotopic (exact) mass is 428 g/mol. The first-order valence-corrected chi connectivity index (χ1v) is 10.7. The number of rotatable bonds is 4. The number of hydrogen-bond donors (Lipinski definition) is 1. The summed E-state index contributed by atoms with van der Waals surface area (Å²) in [5, 5.41) is 2.40. The average Bonchev–Trinajstić information content (AvgIpc) is 3.16. The number of carbonyl (C=O) groups is 1. The summed E-state index contributed by atoms with van der Waals surface area (Å²) in [7, 11) is -3.98. The third-order valence-electron chi connectivity index (χ3n) is 5.04. The van der Waals surface area contributed by atoms with Gasteiger partial charge in [0, 0.05) is 12.2 Å². The number of fused-ring (bicyclic) bond motifs is 1. The van der Waals surface area contributed by atoms with Gasteiger partial charge in [0.1, 0.15) is 11.6 Å². The molecule has 1 heterocycles. The number of halogens is 2. The number of sulfonamides is 1. The Bertz CT molecular complexity index is 1260. The van der Waals surface area contributed by atoms with Crippen LogP contribution in [0.4, 0.5) is 20.2 Å². The zero-order valence-electron chi connectivity index (χ0n) is 16.0. The van der Waals surface area contributed by atoms with Gasteiger partial charge in [0.15, 0.2) is 0 Å². The number of benzene rings is 3. The lowest BCUT2D eigenvalue weighted by Crippen LogP contribution is -2.29. The molecule has 0 fully saturated rings. The standard InChI is InChI=1S/C22H18F2N2O3S/c1-14-6-7-16(12-20(14)24)25-22(27)18-13-17(8-9-19(18)23)30(28,29)26-11-10-15-4-2-3-5-21(15)26/h2-9,12-13H,10-11H2,1H3,(H,25,27). The van der Waals surface area contributed by atoms with Crippen molar-refractivity contribution in [3.05, 3.63) is 89.0 Å². The second-order valence-electron chi connectivity index (χ2n) is 7.02. The van der Waals surface area contributed by atoms with Gasteiger partial charge in [-0.3, -0.25) is 9.10 Å². The van der Waals surface area contributed by atoms with Crippen molar-refractivity contribution < 1.29 is 22.0 Å². The number of amides is 1. The lowest BCUT2D eigenvalue weighted by molar-refractivity contribution is 0.102. The van der Waals surface area contributed by atoms with Crippen molar-refractivity contribution in [1.29, 1.82) is 0 Å². The number of nitrogens with one attached hydrogen (secondary N) is 1. The molecule has 0 unspecified atom stereocenters. The molecule has 0 atom stereocenters. The van der Waals surface area contributed by atoms with Crippen molar-refractivity contribution in [2.24, 2.45) is 0 Å². The van der Waals surface area contributed by atoms with Gasteiger partial charge in [0.2, 0.25) is 0 Å². The summed E-state index contributed by atoms with van der Waals surface area (Å²) in [6, 6.07) is 14.3. The molecule has 3 aromatic carbocycles. The van der Waals surface area contributed by atoms with Crippen molar-refractivity contribution in [2.45, 2.75) is 18.2 Å². The number of para-hydroxylation sites is 1. The first kappa shape index (κ1) is 20.0. The number of hydrogen-bond acceptors (Lipinski definition) is 3. The lowest BCUT2D eigenvalue weighted by Gasteiger charge is -2.20. The molecule has 154 valence electrons. The molecule has 1 N–H and O–H groups in total. The predicted molar refractivity (Wildman–Crippen MR) is 110 cm³/mol. The lowest BCUT2D eigenvalue weighted by atomic mass is 10.1. The molecular formula is C22H18F2N2O3S. The van der Waals surface area contributed by atoms with E-state index in [1.165, 1.54) is 16.4 Å². The molecule has 8 heteroatoms. The molecular weight excluding hydrogens is 410 g/mol. The largest absolute Gasteiger partial charge is 0.322 e. The van der Waals surface area contributed by atoms with Gasteiger partial charge in [-0.15, -0.1) is 0 Å². The van der Waals surface area contributed by atoms with E-state index in [0.717, 1.165) is 29.8 Å². The summed E-state index contributed by atoms with van der Waals surface area (Å²) in [4.78, 5) is 12.4. The van der Waals surface area contributed by atoms with Crippen molar-refractivity contribution in [2.75, 3.05) is 16.2 Å². The number of aryl methyl sites for hydroxylation is 1. The third-order valence-corrected chi connectivity index (χ3v) is 6.85. The number of anilines is 2. The molecule has 0 aliphatic carbocycles. The molecule has 5 nitrogen and oxygen atoms in total. The Morgan fingerprint density at radius 1 is 1.00 bits per heavy atom. The van der Waals surface area contributed by atoms with E-state index in [4.69, 9.17) is 0 Å². The van der Waals surface area contributed by atoms with Crippen LogP contribution in [0.3, 0.4) is 0 Å². The maximum Gasteiger partial charge on any atom is 0.264 e. The van der Waals surface area contributed by atoms with Crippen molar-refractivity contribution in [3.63, 3.8) is 0 Å². The van der Waals surface area contributed by atoms with Crippen molar-refractivity contribution in [1.82, 2.24) is 0 Å². The highest BCUT2D eigenvalue weighted by atomic mass is 32.2. The van der Waals surface area contributed by atoms with Gasteiger partial charge in [-0.25, -0.2) is 17.2 Å². The van der Waals surface area contributed by atoms with E-state index < -0.39 is 33.1 Å². The Hall–Kier alpha value is -3.26. The summed E-state index contributed by atoms with van der Waals surface area (Å²) >= 11 is 0. The van der Waals surface area contributed by atoms with Gasteiger partial charge < -0.3 is 5.32 Å². The van der Waals surface area contributed by atoms with Gasteiger partial charge in [0.05, 0.1) is 16.1 Å². The fourth-order valence-electron chi connectivity index (χ4n) is 3.39. The molecule has 1 amide bonds. The van der Waals surface area contributed by atoms with E-state index in [2.05, 4.69) is 5.32 Å². The van der Waals surface area contributed by atoms with Crippen LogP contribution in [0, 0.1) is 18.6 Å². The minimum Gasteiger partial charge on any atom is -0.322 e. The highest BCUT2D eigenvalue weighted by molar-refractivity contribution is 7.92. The zero-order valence-corrected chi connectivity index (χ0v) is 16.8. The van der Waals surface area contributed by atoms with Crippen LogP contribution >= 0.6 is 0 Å². The Morgan fingerprint density at radius 3 is 2.53 bits per heavy atom. The fraction of sp³-hybridized carbons (Fsp3) is 0.136. The summed E-state index contributed by atoms with van der Waals surface area (Å²) in [6.07, 6.45) is 0.572. The molecule has 0 saturated heterocycles. The molecule has 3 aromatic rings. The van der Waals surface area contributed by atoms with E-state index in [1.54, 1.807) is 19.1 Å². The van der Waals surface area contributed by atoms with Crippen LogP contribution in [-0.4, -0.2) is 20.9 Å². The first-order chi connectivity index (χ1) is 14.3. The van der Waals surface area contributed by atoms with E-state index >= 15 is 0 Å². The van der Waals surface area contributed by atoms with Crippen LogP contribution in [0.1, 0.15) is 21.5 Å². The molecule has 0 saturated carbocycles. The second-order valence-corrected chi connectivity index (χ2v) is 8.88. The quantitative estimate of drug-likeness (QED) is 0.675. The summed E-state index contributed by atoms with van der Waals surface area (Å²) in [6.45, 7) is 1.84. The van der Waals surface area contributed by atoms with Gasteiger partial charge >= 0.3 is 0 Å². The van der Waals surface area contributed by atoms with Crippen LogP contribution in [0.15, 0.2) is 65.6 Å². The Labute approximate surface area is 173 Å². The zero-order chi connectivity index (χ0) is 21.5. The molecule has 0 spiro atoms. The summed E-state index contributed by atoms with van der Waals surface area (Å²) in [5.41, 5.74) is 1.58. The van der Waals surface area contributed by atoms with Crippen molar-refractivity contribution >= 4 is 27.3 Å². The normalized spacial score (nSPS) is 13.2. The van der Waals surface area contributed by atoms with Crippen LogP contribution < -0.4 is 9.62 Å². The van der Waals surface area contributed by atoms with Crippen LogP contribution in [0.5, 0.6) is 0 Å². The smallest absolute Gasteiger partial charge is 0.264 e. The average molecular weight is 428 g/mol. The van der Waals surface area contributed by atoms with E-state index in [9.17, 15) is 22.0 Å². The Balaban J connectivity index is 1.66. The molecule has 1 aliphatic rings. The van der Waals surface area contributed by atoms with Gasteiger partial charge in [-0.2, -0.15) is 0 Å². The highest BCUT2D eigenvalue weighted by Gasteiger charge is 2.31. The topological polar surface area (TPSA) is 66.5 Å². The molecule has 0 bridgehead atoms. The van der Waals surface area contributed by atoms with Gasteiger partial charge in [-0.1, -0.05) is 24.3 Å². The van der Waals surface area contributed by atoms with E-state index in [-0.39, 0.29) is 17.1 Å². The third kappa shape index (κ3) is 3.54. The summed E-state index contributed by atoms with van der Waals surface area (Å²) in [5.74, 6) is -2.26. The number of carbonyl (C=O) groups excluding carboxylic acids is 1. The molecule has 0 radical (unpaired) electrons. The minimum absolute atomic E-state index is 0.143. The Morgan fingerprint density at radius 2 is 1.77 bits per heavy atom. The van der Waals surface area contributed by atoms with Crippen molar-refractivity contribution in [3.8, 4) is 0 Å². The first-order valence-electron chi connectivity index (χ1n) is 9.25. The van der Waals surface area contributed by atoms with Gasteiger partial charge in [-0.05, 0) is 60.9 Å². The maximum atomic E-state index is 14.3. The molecule has 4 rings (SSSR count). The van der Waals surface area contributed by atoms with Crippen LogP contribution in [0.25, 0.3) is 0 Å². The fourth-order valence-corrected chi connectivity index (χ4v) is 4.92.